The molecule has 3 nitrogen and oxygen atoms in total. The van der Waals surface area contributed by atoms with E-state index < -0.39 is 0 Å². The molecule has 0 fully saturated rings. The molecule has 0 amide bonds. The van der Waals surface area contributed by atoms with Gasteiger partial charge in [0.15, 0.2) is 5.58 Å². The highest BCUT2D eigenvalue weighted by molar-refractivity contribution is 7.27. The predicted octanol–water partition coefficient (Wildman–Crippen LogP) is 16.1. The number of hydrogen-bond acceptors (Lipinski definition) is 5. The zero-order valence-corrected chi connectivity index (χ0v) is 38.4. The summed E-state index contributed by atoms with van der Waals surface area (Å²) in [7, 11) is 0. The number of thiophene rings is 2. The Morgan fingerprint density at radius 1 is 0.500 bits per heavy atom. The van der Waals surface area contributed by atoms with Crippen molar-refractivity contribution in [3.8, 4) is 22.3 Å². The SMILES string of the molecule is CC(C)(C)c1ccc(N2B3c4c(cc5sc6ccccc6c5c4-c4ccc5c(oc6ccccc65)c42)N(c2ccc(C(C)(C)C)cc2-c2ccccc2)c2sc4ccccc4c23)cc1. The van der Waals surface area contributed by atoms with Crippen LogP contribution >= 0.6 is 22.7 Å². The topological polar surface area (TPSA) is 19.6 Å². The second-order valence-electron chi connectivity index (χ2n) is 19.7. The molecule has 0 radical (unpaired) electrons. The highest BCUT2D eigenvalue weighted by Crippen LogP contribution is 2.56. The summed E-state index contributed by atoms with van der Waals surface area (Å²) >= 11 is 3.81. The Hall–Kier alpha value is -6.60. The van der Waals surface area contributed by atoms with Gasteiger partial charge in [0.2, 0.25) is 0 Å². The molecule has 0 spiro atoms. The van der Waals surface area contributed by atoms with Crippen molar-refractivity contribution in [1.29, 1.82) is 0 Å². The second-order valence-corrected chi connectivity index (χ2v) is 21.8. The summed E-state index contributed by atoms with van der Waals surface area (Å²) < 4.78 is 11.0. The fraction of sp³-hybridized carbons (Fsp3) is 0.138. The molecule has 6 heteroatoms. The minimum Gasteiger partial charge on any atom is -0.454 e. The van der Waals surface area contributed by atoms with Crippen LogP contribution in [0.15, 0.2) is 168 Å². The molecule has 0 bridgehead atoms. The molecule has 0 saturated carbocycles. The summed E-state index contributed by atoms with van der Waals surface area (Å²) in [5.41, 5.74) is 16.7. The molecule has 308 valence electrons. The summed E-state index contributed by atoms with van der Waals surface area (Å²) in [6.45, 7) is 13.7. The average molecular weight is 861 g/mol. The quantitative estimate of drug-likeness (QED) is 0.165. The van der Waals surface area contributed by atoms with Crippen molar-refractivity contribution in [3.05, 3.63) is 175 Å². The van der Waals surface area contributed by atoms with Crippen molar-refractivity contribution < 1.29 is 4.42 Å². The number of fused-ring (bicyclic) bond motifs is 14. The van der Waals surface area contributed by atoms with Gasteiger partial charge in [0.05, 0.1) is 16.4 Å². The van der Waals surface area contributed by atoms with Crippen LogP contribution in [0, 0.1) is 0 Å². The molecule has 0 saturated heterocycles. The lowest BCUT2D eigenvalue weighted by Gasteiger charge is -2.45. The van der Waals surface area contributed by atoms with Gasteiger partial charge < -0.3 is 14.1 Å². The number of nitrogens with zero attached hydrogens (tertiary/aromatic N) is 2. The maximum atomic E-state index is 7.12. The molecule has 2 aliphatic heterocycles. The second kappa shape index (κ2) is 13.5. The minimum absolute atomic E-state index is 0.0107. The first kappa shape index (κ1) is 37.9. The largest absolute Gasteiger partial charge is 0.454 e. The molecule has 13 rings (SSSR count). The smallest absolute Gasteiger partial charge is 0.334 e. The van der Waals surface area contributed by atoms with Gasteiger partial charge in [-0.1, -0.05) is 151 Å². The molecule has 0 aliphatic carbocycles. The van der Waals surface area contributed by atoms with Gasteiger partial charge in [-0.05, 0) is 104 Å². The van der Waals surface area contributed by atoms with Crippen LogP contribution in [0.1, 0.15) is 52.7 Å². The van der Waals surface area contributed by atoms with Crippen molar-refractivity contribution in [2.75, 3.05) is 9.71 Å². The van der Waals surface area contributed by atoms with Gasteiger partial charge in [0.1, 0.15) is 5.58 Å². The number of benzene rings is 8. The van der Waals surface area contributed by atoms with Crippen molar-refractivity contribution in [2.24, 2.45) is 0 Å². The van der Waals surface area contributed by atoms with E-state index in [1.807, 2.05) is 22.7 Å². The fourth-order valence-electron chi connectivity index (χ4n) is 10.7. The summed E-state index contributed by atoms with van der Waals surface area (Å²) in [4.78, 5) is 5.29. The van der Waals surface area contributed by atoms with Gasteiger partial charge in [-0.2, -0.15) is 0 Å². The zero-order chi connectivity index (χ0) is 43.2. The Balaban J connectivity index is 1.23. The lowest BCUT2D eigenvalue weighted by molar-refractivity contribution is 0.590. The number of hydrogen-bond donors (Lipinski definition) is 0. The third kappa shape index (κ3) is 5.39. The van der Waals surface area contributed by atoms with E-state index in [2.05, 4.69) is 215 Å². The van der Waals surface area contributed by atoms with Crippen LogP contribution in [0.2, 0.25) is 0 Å². The van der Waals surface area contributed by atoms with Gasteiger partial charge in [-0.3, -0.25) is 0 Å². The van der Waals surface area contributed by atoms with Crippen LogP contribution in [0.5, 0.6) is 0 Å². The minimum atomic E-state index is -0.170. The lowest BCUT2D eigenvalue weighted by Crippen LogP contribution is -2.61. The van der Waals surface area contributed by atoms with Gasteiger partial charge in [0.25, 0.3) is 0 Å². The molecular formula is C58H45BN2OS2. The summed E-state index contributed by atoms with van der Waals surface area (Å²) in [5.74, 6) is 0. The molecular weight excluding hydrogens is 816 g/mol. The van der Waals surface area contributed by atoms with E-state index in [1.165, 1.54) is 90.9 Å². The Morgan fingerprint density at radius 3 is 1.91 bits per heavy atom. The number of rotatable bonds is 3. The number of para-hydroxylation sites is 1. The predicted molar refractivity (Wildman–Crippen MR) is 279 cm³/mol. The van der Waals surface area contributed by atoms with E-state index in [4.69, 9.17) is 4.42 Å². The first-order valence-electron chi connectivity index (χ1n) is 22.4. The van der Waals surface area contributed by atoms with Crippen molar-refractivity contribution in [3.63, 3.8) is 0 Å². The Bertz CT molecular complexity index is 3710. The molecule has 2 aliphatic rings. The summed E-state index contributed by atoms with van der Waals surface area (Å²) in [6, 6.07) is 61.4. The van der Waals surface area contributed by atoms with Gasteiger partial charge in [0, 0.05) is 58.1 Å². The van der Waals surface area contributed by atoms with Crippen LogP contribution in [0.4, 0.5) is 27.8 Å². The van der Waals surface area contributed by atoms with E-state index in [9.17, 15) is 0 Å². The molecule has 3 aromatic heterocycles. The van der Waals surface area contributed by atoms with Gasteiger partial charge in [-0.15, -0.1) is 22.7 Å². The maximum absolute atomic E-state index is 7.12. The molecule has 0 atom stereocenters. The van der Waals surface area contributed by atoms with Crippen molar-refractivity contribution >= 4 is 120 Å². The van der Waals surface area contributed by atoms with E-state index in [0.29, 0.717) is 0 Å². The first-order valence-corrected chi connectivity index (χ1v) is 24.0. The molecule has 5 heterocycles. The third-order valence-corrected chi connectivity index (χ3v) is 16.1. The molecule has 11 aromatic rings. The third-order valence-electron chi connectivity index (χ3n) is 13.8. The van der Waals surface area contributed by atoms with Crippen LogP contribution in [0.25, 0.3) is 74.5 Å². The summed E-state index contributed by atoms with van der Waals surface area (Å²) in [6.07, 6.45) is 0. The molecule has 0 N–H and O–H groups in total. The van der Waals surface area contributed by atoms with E-state index in [1.54, 1.807) is 0 Å². The Labute approximate surface area is 381 Å². The maximum Gasteiger partial charge on any atom is 0.334 e. The lowest BCUT2D eigenvalue weighted by atomic mass is 9.43. The van der Waals surface area contributed by atoms with E-state index in [0.717, 1.165) is 33.3 Å². The highest BCUT2D eigenvalue weighted by Gasteiger charge is 2.49. The fourth-order valence-corrected chi connectivity index (χ4v) is 13.1. The normalized spacial score (nSPS) is 13.7. The molecule has 64 heavy (non-hydrogen) atoms. The van der Waals surface area contributed by atoms with Crippen LogP contribution in [-0.4, -0.2) is 6.85 Å². The Kier molecular flexibility index (Phi) is 7.98. The van der Waals surface area contributed by atoms with Crippen LogP contribution in [0.3, 0.4) is 0 Å². The van der Waals surface area contributed by atoms with Crippen LogP contribution < -0.4 is 20.6 Å². The van der Waals surface area contributed by atoms with Gasteiger partial charge >= 0.3 is 6.85 Å². The monoisotopic (exact) mass is 860 g/mol. The first-order chi connectivity index (χ1) is 31.0. The van der Waals surface area contributed by atoms with Crippen LogP contribution in [-0.2, 0) is 10.8 Å². The average Bonchev–Trinajstić information content (AvgIpc) is 4.00. The standard InChI is InChI=1S/C58H45BN2OS2/c1-57(2,3)35-24-27-37(28-25-35)61-54-42(30-29-39-38-18-10-13-21-46(38)62-55(39)54)51-50-40-19-11-14-22-47(40)63-49(50)33-45-53(51)59(61)52-41-20-12-15-23-48(41)64-56(52)60(45)44-31-26-36(58(4,5)6)32-43(44)34-16-8-7-9-17-34/h7-33H,1-6H3. The zero-order valence-electron chi connectivity index (χ0n) is 36.8. The number of furan rings is 1. The van der Waals surface area contributed by atoms with E-state index in [-0.39, 0.29) is 17.7 Å². The number of anilines is 5. The molecule has 8 aromatic carbocycles. The summed E-state index contributed by atoms with van der Waals surface area (Å²) in [5, 5.41) is 7.42. The highest BCUT2D eigenvalue weighted by atomic mass is 32.1. The molecule has 0 unspecified atom stereocenters. The van der Waals surface area contributed by atoms with Gasteiger partial charge in [-0.25, -0.2) is 0 Å². The van der Waals surface area contributed by atoms with Crippen molar-refractivity contribution in [2.45, 2.75) is 52.4 Å². The van der Waals surface area contributed by atoms with Crippen molar-refractivity contribution in [1.82, 2.24) is 0 Å². The Morgan fingerprint density at radius 2 is 1.16 bits per heavy atom. The van der Waals surface area contributed by atoms with E-state index >= 15 is 0 Å².